The molecule has 0 aliphatic carbocycles. The molecular weight excluding hydrogens is 362 g/mol. The molecule has 1 unspecified atom stereocenters. The monoisotopic (exact) mass is 381 g/mol. The number of fused-ring (bicyclic) bond motifs is 1. The highest BCUT2D eigenvalue weighted by Crippen LogP contribution is 2.27. The molecule has 3 heterocycles. The summed E-state index contributed by atoms with van der Waals surface area (Å²) in [4.78, 5) is 13.0. The van der Waals surface area contributed by atoms with Crippen molar-refractivity contribution in [2.24, 2.45) is 4.99 Å². The molecule has 2 aromatic heterocycles. The second kappa shape index (κ2) is 7.36. The van der Waals surface area contributed by atoms with Gasteiger partial charge < -0.3 is 9.15 Å². The maximum absolute atomic E-state index is 5.96. The van der Waals surface area contributed by atoms with E-state index < -0.39 is 0 Å². The molecule has 0 amide bonds. The van der Waals surface area contributed by atoms with Crippen molar-refractivity contribution in [2.45, 2.75) is 19.6 Å². The van der Waals surface area contributed by atoms with Gasteiger partial charge in [0.2, 0.25) is 5.89 Å². The van der Waals surface area contributed by atoms with E-state index in [1.807, 2.05) is 36.5 Å². The van der Waals surface area contributed by atoms with Crippen LogP contribution in [-0.2, 0) is 6.61 Å². The van der Waals surface area contributed by atoms with Crippen LogP contribution >= 0.6 is 0 Å². The number of oxazole rings is 1. The number of ether oxygens (including phenoxy) is 1. The zero-order valence-electron chi connectivity index (χ0n) is 15.9. The van der Waals surface area contributed by atoms with Gasteiger partial charge in [-0.25, -0.2) is 4.98 Å². The van der Waals surface area contributed by atoms with Crippen molar-refractivity contribution >= 4 is 22.9 Å². The molecule has 0 saturated carbocycles. The van der Waals surface area contributed by atoms with Crippen LogP contribution < -0.4 is 4.74 Å². The first-order valence-corrected chi connectivity index (χ1v) is 9.53. The lowest BCUT2D eigenvalue weighted by Crippen LogP contribution is -1.95. The molecule has 29 heavy (non-hydrogen) atoms. The number of benzene rings is 2. The number of rotatable bonds is 5. The zero-order valence-corrected chi connectivity index (χ0v) is 15.9. The number of hydrogen-bond donors (Lipinski definition) is 0. The summed E-state index contributed by atoms with van der Waals surface area (Å²) in [6.45, 7) is 2.57. The van der Waals surface area contributed by atoms with Gasteiger partial charge in [-0.3, -0.25) is 9.98 Å². The number of pyridine rings is 1. The third-order valence-electron chi connectivity index (χ3n) is 4.83. The normalized spacial score (nSPS) is 15.6. The second-order valence-corrected chi connectivity index (χ2v) is 7.02. The van der Waals surface area contributed by atoms with E-state index in [2.05, 4.69) is 52.2 Å². The molecule has 0 saturated heterocycles. The fourth-order valence-electron chi connectivity index (χ4n) is 3.28. The lowest BCUT2D eigenvalue weighted by atomic mass is 10.0. The van der Waals surface area contributed by atoms with E-state index in [0.29, 0.717) is 12.5 Å². The van der Waals surface area contributed by atoms with Gasteiger partial charge in [-0.1, -0.05) is 30.3 Å². The van der Waals surface area contributed by atoms with E-state index in [4.69, 9.17) is 9.15 Å². The van der Waals surface area contributed by atoms with E-state index in [0.717, 1.165) is 28.0 Å². The Bertz CT molecular complexity index is 1210. The van der Waals surface area contributed by atoms with E-state index in [-0.39, 0.29) is 6.04 Å². The van der Waals surface area contributed by atoms with E-state index in [1.165, 1.54) is 11.1 Å². The van der Waals surface area contributed by atoms with Gasteiger partial charge in [-0.05, 0) is 47.9 Å². The molecule has 1 aliphatic rings. The van der Waals surface area contributed by atoms with Crippen LogP contribution in [0.5, 0.6) is 5.75 Å². The lowest BCUT2D eigenvalue weighted by molar-refractivity contribution is 0.306. The number of aliphatic imine (C=N–C) groups is 1. The highest BCUT2D eigenvalue weighted by molar-refractivity contribution is 6.11. The minimum absolute atomic E-state index is 0.262. The Hall–Kier alpha value is -3.73. The Morgan fingerprint density at radius 1 is 1.03 bits per heavy atom. The molecule has 0 radical (unpaired) electrons. The fourth-order valence-corrected chi connectivity index (χ4v) is 3.28. The summed E-state index contributed by atoms with van der Waals surface area (Å²) in [5.41, 5.74) is 5.79. The van der Waals surface area contributed by atoms with Crippen molar-refractivity contribution in [1.29, 1.82) is 0 Å². The van der Waals surface area contributed by atoms with Crippen LogP contribution in [0.25, 0.3) is 28.1 Å². The first-order valence-electron chi connectivity index (χ1n) is 9.53. The summed E-state index contributed by atoms with van der Waals surface area (Å²) in [6.07, 6.45) is 7.56. The van der Waals surface area contributed by atoms with Gasteiger partial charge in [0.15, 0.2) is 5.58 Å². The SMILES string of the molecule is CC1C=C(c2ccc(COc3ccc4oc(-c5cccnc5)nc4c3)cc2)C=N1. The first-order chi connectivity index (χ1) is 14.2. The molecule has 5 nitrogen and oxygen atoms in total. The Balaban J connectivity index is 1.29. The van der Waals surface area contributed by atoms with Crippen molar-refractivity contribution in [3.05, 3.63) is 84.2 Å². The van der Waals surface area contributed by atoms with Crippen molar-refractivity contribution in [1.82, 2.24) is 9.97 Å². The van der Waals surface area contributed by atoms with Crippen LogP contribution in [0, 0.1) is 0 Å². The molecule has 5 heteroatoms. The van der Waals surface area contributed by atoms with E-state index >= 15 is 0 Å². The minimum Gasteiger partial charge on any atom is -0.489 e. The number of nitrogens with zero attached hydrogens (tertiary/aromatic N) is 3. The highest BCUT2D eigenvalue weighted by Gasteiger charge is 2.10. The average Bonchev–Trinajstić information content (AvgIpc) is 3.39. The van der Waals surface area contributed by atoms with Gasteiger partial charge in [0.25, 0.3) is 0 Å². The molecule has 2 aromatic carbocycles. The minimum atomic E-state index is 0.262. The molecule has 0 fully saturated rings. The van der Waals surface area contributed by atoms with Gasteiger partial charge in [0.05, 0.1) is 11.6 Å². The second-order valence-electron chi connectivity index (χ2n) is 7.02. The Labute approximate surface area is 168 Å². The van der Waals surface area contributed by atoms with Crippen molar-refractivity contribution in [3.63, 3.8) is 0 Å². The van der Waals surface area contributed by atoms with Crippen molar-refractivity contribution < 1.29 is 9.15 Å². The van der Waals surface area contributed by atoms with Gasteiger partial charge in [-0.15, -0.1) is 0 Å². The zero-order chi connectivity index (χ0) is 19.6. The summed E-state index contributed by atoms with van der Waals surface area (Å²) in [7, 11) is 0. The third kappa shape index (κ3) is 3.67. The molecule has 5 rings (SSSR count). The van der Waals surface area contributed by atoms with Crippen LogP contribution in [-0.4, -0.2) is 22.2 Å². The maximum atomic E-state index is 5.96. The molecule has 1 atom stereocenters. The van der Waals surface area contributed by atoms with Crippen LogP contribution in [0.2, 0.25) is 0 Å². The predicted octanol–water partition coefficient (Wildman–Crippen LogP) is 5.33. The first kappa shape index (κ1) is 17.4. The number of hydrogen-bond acceptors (Lipinski definition) is 5. The van der Waals surface area contributed by atoms with Crippen molar-refractivity contribution in [3.8, 4) is 17.2 Å². The topological polar surface area (TPSA) is 60.5 Å². The summed E-state index contributed by atoms with van der Waals surface area (Å²) in [5, 5.41) is 0. The molecule has 1 aliphatic heterocycles. The number of allylic oxidation sites excluding steroid dienone is 1. The average molecular weight is 381 g/mol. The quantitative estimate of drug-likeness (QED) is 0.469. The molecular formula is C24H19N3O2. The lowest BCUT2D eigenvalue weighted by Gasteiger charge is -2.07. The van der Waals surface area contributed by atoms with Crippen LogP contribution in [0.4, 0.5) is 0 Å². The molecule has 0 N–H and O–H groups in total. The third-order valence-corrected chi connectivity index (χ3v) is 4.83. The van der Waals surface area contributed by atoms with Crippen LogP contribution in [0.1, 0.15) is 18.1 Å². The van der Waals surface area contributed by atoms with Gasteiger partial charge in [-0.2, -0.15) is 0 Å². The smallest absolute Gasteiger partial charge is 0.228 e. The highest BCUT2D eigenvalue weighted by atomic mass is 16.5. The number of aromatic nitrogens is 2. The Morgan fingerprint density at radius 3 is 2.69 bits per heavy atom. The van der Waals surface area contributed by atoms with Crippen molar-refractivity contribution in [2.75, 3.05) is 0 Å². The standard InChI is InChI=1S/C24H19N3O2/c1-16-11-20(14-26-16)18-6-4-17(5-7-18)15-28-21-8-9-23-22(12-21)27-24(29-23)19-3-2-10-25-13-19/h2-14,16H,15H2,1H3. The largest absolute Gasteiger partial charge is 0.489 e. The van der Waals surface area contributed by atoms with Gasteiger partial charge in [0.1, 0.15) is 17.9 Å². The van der Waals surface area contributed by atoms with Crippen LogP contribution in [0.3, 0.4) is 0 Å². The van der Waals surface area contributed by atoms with Gasteiger partial charge >= 0.3 is 0 Å². The summed E-state index contributed by atoms with van der Waals surface area (Å²) < 4.78 is 11.8. The maximum Gasteiger partial charge on any atom is 0.228 e. The summed E-state index contributed by atoms with van der Waals surface area (Å²) in [6, 6.07) is 18.1. The molecule has 0 bridgehead atoms. The van der Waals surface area contributed by atoms with E-state index in [1.54, 1.807) is 12.4 Å². The molecule has 142 valence electrons. The van der Waals surface area contributed by atoms with Crippen LogP contribution in [0.15, 0.2) is 82.5 Å². The fraction of sp³-hybridized carbons (Fsp3) is 0.125. The summed E-state index contributed by atoms with van der Waals surface area (Å²) >= 11 is 0. The predicted molar refractivity (Wildman–Crippen MR) is 114 cm³/mol. The van der Waals surface area contributed by atoms with Gasteiger partial charge in [0, 0.05) is 24.7 Å². The van der Waals surface area contributed by atoms with E-state index in [9.17, 15) is 0 Å². The Morgan fingerprint density at radius 2 is 1.93 bits per heavy atom. The Kier molecular flexibility index (Phi) is 4.41. The molecule has 4 aromatic rings. The molecule has 0 spiro atoms. The summed E-state index contributed by atoms with van der Waals surface area (Å²) in [5.74, 6) is 1.31.